The van der Waals surface area contributed by atoms with E-state index >= 15 is 0 Å². The summed E-state index contributed by atoms with van der Waals surface area (Å²) < 4.78 is 31.6. The fourth-order valence-corrected chi connectivity index (χ4v) is 6.84. The van der Waals surface area contributed by atoms with Gasteiger partial charge in [-0.15, -0.1) is 0 Å². The van der Waals surface area contributed by atoms with E-state index in [1.807, 2.05) is 28.7 Å². The number of nitriles is 1. The van der Waals surface area contributed by atoms with E-state index in [2.05, 4.69) is 0 Å². The smallest absolute Gasteiger partial charge is 0.266 e. The number of aromatic nitrogens is 1. The SMILES string of the molecule is N#Cc1cccc(S(=O)(=O)N2c3ccc(I)c(=O)n3[C@H](c3ccc(Cl)cc3)[C@@H]2c2ccc(Cl)cc2)c1. The molecular weight excluding hydrogens is 632 g/mol. The summed E-state index contributed by atoms with van der Waals surface area (Å²) in [5.41, 5.74) is 1.27. The van der Waals surface area contributed by atoms with Crippen LogP contribution in [-0.2, 0) is 10.0 Å². The van der Waals surface area contributed by atoms with Gasteiger partial charge in [-0.25, -0.2) is 12.7 Å². The second-order valence-electron chi connectivity index (χ2n) is 8.15. The third kappa shape index (κ3) is 4.20. The first kappa shape index (κ1) is 24.8. The molecule has 0 spiro atoms. The van der Waals surface area contributed by atoms with Gasteiger partial charge in [-0.05, 0) is 88.3 Å². The van der Waals surface area contributed by atoms with Crippen molar-refractivity contribution in [2.75, 3.05) is 4.31 Å². The summed E-state index contributed by atoms with van der Waals surface area (Å²) in [6.07, 6.45) is 0. The molecule has 0 fully saturated rings. The predicted molar refractivity (Wildman–Crippen MR) is 148 cm³/mol. The second kappa shape index (κ2) is 9.56. The van der Waals surface area contributed by atoms with Crippen LogP contribution in [0.1, 0.15) is 28.8 Å². The van der Waals surface area contributed by atoms with Crippen molar-refractivity contribution in [3.63, 3.8) is 0 Å². The van der Waals surface area contributed by atoms with Crippen LogP contribution in [0.5, 0.6) is 0 Å². The first-order valence-corrected chi connectivity index (χ1v) is 14.0. The lowest BCUT2D eigenvalue weighted by molar-refractivity contribution is 0.529. The normalized spacial score (nSPS) is 17.0. The van der Waals surface area contributed by atoms with Crippen molar-refractivity contribution in [2.45, 2.75) is 17.0 Å². The van der Waals surface area contributed by atoms with Crippen molar-refractivity contribution in [1.29, 1.82) is 5.26 Å². The molecule has 3 aromatic carbocycles. The minimum atomic E-state index is -4.21. The number of hydrogen-bond donors (Lipinski definition) is 0. The lowest BCUT2D eigenvalue weighted by atomic mass is 9.94. The fourth-order valence-electron chi connectivity index (χ4n) is 4.46. The van der Waals surface area contributed by atoms with Crippen molar-refractivity contribution in [3.8, 4) is 6.07 Å². The molecule has 5 rings (SSSR count). The summed E-state index contributed by atoms with van der Waals surface area (Å²) in [7, 11) is -4.21. The van der Waals surface area contributed by atoms with Gasteiger partial charge in [-0.2, -0.15) is 5.26 Å². The van der Waals surface area contributed by atoms with E-state index in [0.29, 0.717) is 24.7 Å². The molecule has 0 saturated heterocycles. The van der Waals surface area contributed by atoms with Gasteiger partial charge in [0.2, 0.25) is 0 Å². The number of benzene rings is 3. The zero-order valence-electron chi connectivity index (χ0n) is 18.3. The molecule has 0 unspecified atom stereocenters. The molecule has 2 heterocycles. The van der Waals surface area contributed by atoms with Gasteiger partial charge >= 0.3 is 0 Å². The quantitative estimate of drug-likeness (QED) is 0.248. The molecule has 1 aliphatic heterocycles. The summed E-state index contributed by atoms with van der Waals surface area (Å²) in [5, 5.41) is 10.4. The van der Waals surface area contributed by atoms with E-state index in [1.165, 1.54) is 33.1 Å². The van der Waals surface area contributed by atoms with Gasteiger partial charge in [0.25, 0.3) is 15.6 Å². The number of rotatable bonds is 4. The van der Waals surface area contributed by atoms with E-state index < -0.39 is 22.1 Å². The minimum Gasteiger partial charge on any atom is -0.283 e. The molecule has 2 atom stereocenters. The standard InChI is InChI=1S/C26H16Cl2IN3O3S/c27-19-8-4-17(5-9-19)24-25(18-6-10-20(28)11-7-18)32(23-13-12-22(29)26(33)31(23)24)36(34,35)21-3-1-2-16(14-21)15-30/h1-14,24-25H/t24-,25+/m1/s1. The van der Waals surface area contributed by atoms with Crippen LogP contribution >= 0.6 is 45.8 Å². The van der Waals surface area contributed by atoms with Crippen molar-refractivity contribution < 1.29 is 8.42 Å². The number of nitrogens with zero attached hydrogens (tertiary/aromatic N) is 3. The first-order valence-electron chi connectivity index (χ1n) is 10.7. The van der Waals surface area contributed by atoms with Gasteiger partial charge in [0, 0.05) is 10.0 Å². The van der Waals surface area contributed by atoms with Crippen LogP contribution in [0.15, 0.2) is 94.6 Å². The van der Waals surface area contributed by atoms with Crippen LogP contribution in [0.25, 0.3) is 0 Å². The molecule has 0 saturated carbocycles. The van der Waals surface area contributed by atoms with E-state index in [0.717, 1.165) is 0 Å². The van der Waals surface area contributed by atoms with E-state index in [-0.39, 0.29) is 21.8 Å². The molecule has 4 aromatic rings. The highest BCUT2D eigenvalue weighted by Gasteiger charge is 2.47. The van der Waals surface area contributed by atoms with Crippen LogP contribution < -0.4 is 9.86 Å². The van der Waals surface area contributed by atoms with Crippen molar-refractivity contribution in [3.05, 3.63) is 126 Å². The molecular formula is C26H16Cl2IN3O3S. The molecule has 1 aromatic heterocycles. The maximum Gasteiger partial charge on any atom is 0.266 e. The Bertz CT molecular complexity index is 1680. The Morgan fingerprint density at radius 1 is 0.833 bits per heavy atom. The Morgan fingerprint density at radius 2 is 1.42 bits per heavy atom. The molecule has 180 valence electrons. The van der Waals surface area contributed by atoms with Crippen LogP contribution in [0.3, 0.4) is 0 Å². The molecule has 0 aliphatic carbocycles. The number of pyridine rings is 1. The summed E-state index contributed by atoms with van der Waals surface area (Å²) in [6.45, 7) is 0. The van der Waals surface area contributed by atoms with Crippen LogP contribution in [-0.4, -0.2) is 13.0 Å². The lowest BCUT2D eigenvalue weighted by Gasteiger charge is -2.29. The monoisotopic (exact) mass is 647 g/mol. The topological polar surface area (TPSA) is 83.2 Å². The molecule has 10 heteroatoms. The zero-order valence-corrected chi connectivity index (χ0v) is 22.8. The third-order valence-corrected chi connectivity index (χ3v) is 9.15. The maximum atomic E-state index is 14.2. The largest absolute Gasteiger partial charge is 0.283 e. The van der Waals surface area contributed by atoms with Gasteiger partial charge in [0.15, 0.2) is 0 Å². The first-order chi connectivity index (χ1) is 17.2. The van der Waals surface area contributed by atoms with E-state index in [9.17, 15) is 18.5 Å². The second-order valence-corrected chi connectivity index (χ2v) is 12.0. The molecule has 0 N–H and O–H groups in total. The van der Waals surface area contributed by atoms with Crippen LogP contribution in [0.2, 0.25) is 10.0 Å². The van der Waals surface area contributed by atoms with Gasteiger partial charge in [0.05, 0.1) is 32.2 Å². The Morgan fingerprint density at radius 3 is 2.00 bits per heavy atom. The maximum absolute atomic E-state index is 14.2. The Kier molecular flexibility index (Phi) is 6.59. The molecule has 6 nitrogen and oxygen atoms in total. The Balaban J connectivity index is 1.84. The van der Waals surface area contributed by atoms with Gasteiger partial charge in [-0.1, -0.05) is 53.5 Å². The summed E-state index contributed by atoms with van der Waals surface area (Å²) >= 11 is 14.2. The highest BCUT2D eigenvalue weighted by molar-refractivity contribution is 14.1. The van der Waals surface area contributed by atoms with Crippen LogP contribution in [0, 0.1) is 14.9 Å². The average molecular weight is 648 g/mol. The highest BCUT2D eigenvalue weighted by atomic mass is 127. The highest BCUT2D eigenvalue weighted by Crippen LogP contribution is 2.49. The predicted octanol–water partition coefficient (Wildman–Crippen LogP) is 6.17. The Hall–Kier alpha value is -2.84. The van der Waals surface area contributed by atoms with Gasteiger partial charge in [0.1, 0.15) is 5.82 Å². The van der Waals surface area contributed by atoms with Crippen molar-refractivity contribution in [1.82, 2.24) is 4.57 Å². The zero-order chi connectivity index (χ0) is 25.6. The van der Waals surface area contributed by atoms with Gasteiger partial charge in [-0.3, -0.25) is 9.36 Å². The number of fused-ring (bicyclic) bond motifs is 1. The van der Waals surface area contributed by atoms with Crippen molar-refractivity contribution in [2.24, 2.45) is 0 Å². The Labute approximate surface area is 231 Å². The van der Waals surface area contributed by atoms with Crippen LogP contribution in [0.4, 0.5) is 5.82 Å². The number of halogens is 3. The summed E-state index contributed by atoms with van der Waals surface area (Å²) in [6, 6.07) is 23.5. The number of hydrogen-bond acceptors (Lipinski definition) is 4. The molecule has 36 heavy (non-hydrogen) atoms. The molecule has 1 aliphatic rings. The van der Waals surface area contributed by atoms with E-state index in [1.54, 1.807) is 60.7 Å². The average Bonchev–Trinajstić information content (AvgIpc) is 3.24. The van der Waals surface area contributed by atoms with E-state index in [4.69, 9.17) is 23.2 Å². The lowest BCUT2D eigenvalue weighted by Crippen LogP contribution is -2.33. The fraction of sp³-hybridized carbons (Fsp3) is 0.0769. The number of sulfonamides is 1. The van der Waals surface area contributed by atoms with Crippen molar-refractivity contribution >= 4 is 61.6 Å². The number of anilines is 1. The molecule has 0 amide bonds. The van der Waals surface area contributed by atoms with Gasteiger partial charge < -0.3 is 0 Å². The minimum absolute atomic E-state index is 0.0465. The molecule has 0 radical (unpaired) electrons. The summed E-state index contributed by atoms with van der Waals surface area (Å²) in [4.78, 5) is 13.4. The summed E-state index contributed by atoms with van der Waals surface area (Å²) in [5.74, 6) is 0.225. The molecule has 0 bridgehead atoms. The third-order valence-electron chi connectivity index (χ3n) is 6.05.